The van der Waals surface area contributed by atoms with E-state index in [4.69, 9.17) is 0 Å². The van der Waals surface area contributed by atoms with E-state index in [2.05, 4.69) is 18.8 Å². The monoisotopic (exact) mass is 149 g/mol. The smallest absolute Gasteiger partial charge is 0.0132 e. The van der Waals surface area contributed by atoms with Crippen LogP contribution < -0.4 is 5.32 Å². The molecular weight excluding hydrogens is 134 g/mol. The molecular formula is C7H16ClN. The minimum Gasteiger partial charge on any atom is -0.313 e. The minimum atomic E-state index is 0. The van der Waals surface area contributed by atoms with Crippen molar-refractivity contribution < 1.29 is 0 Å². The Morgan fingerprint density at radius 1 is 1.56 bits per heavy atom. The van der Waals surface area contributed by atoms with E-state index in [1.54, 1.807) is 0 Å². The second-order valence-electron chi connectivity index (χ2n) is 1.85. The molecule has 0 unspecified atom stereocenters. The van der Waals surface area contributed by atoms with Crippen molar-refractivity contribution in [3.8, 4) is 0 Å². The summed E-state index contributed by atoms with van der Waals surface area (Å²) >= 11 is 0. The third kappa shape index (κ3) is 11.5. The van der Waals surface area contributed by atoms with E-state index in [-0.39, 0.29) is 12.4 Å². The van der Waals surface area contributed by atoms with E-state index in [9.17, 15) is 0 Å². The zero-order valence-corrected chi connectivity index (χ0v) is 6.84. The zero-order chi connectivity index (χ0) is 6.24. The predicted octanol–water partition coefficient (Wildman–Crippen LogP) is 1.98. The van der Waals surface area contributed by atoms with Crippen LogP contribution in [0.5, 0.6) is 0 Å². The molecule has 0 bridgehead atoms. The average molecular weight is 150 g/mol. The molecule has 0 aliphatic rings. The molecule has 0 spiro atoms. The summed E-state index contributed by atoms with van der Waals surface area (Å²) < 4.78 is 0. The Balaban J connectivity index is 0. The van der Waals surface area contributed by atoms with Gasteiger partial charge in [0.05, 0.1) is 0 Å². The van der Waals surface area contributed by atoms with Crippen molar-refractivity contribution in [3.63, 3.8) is 0 Å². The van der Waals surface area contributed by atoms with E-state index < -0.39 is 0 Å². The van der Waals surface area contributed by atoms with Gasteiger partial charge in [-0.15, -0.1) is 19.0 Å². The molecule has 0 aliphatic heterocycles. The zero-order valence-electron chi connectivity index (χ0n) is 6.02. The maximum absolute atomic E-state index is 3.60. The van der Waals surface area contributed by atoms with Gasteiger partial charge in [0, 0.05) is 6.54 Å². The van der Waals surface area contributed by atoms with Crippen LogP contribution >= 0.6 is 12.4 Å². The van der Waals surface area contributed by atoms with E-state index >= 15 is 0 Å². The first-order valence-corrected chi connectivity index (χ1v) is 3.23. The van der Waals surface area contributed by atoms with Gasteiger partial charge < -0.3 is 5.32 Å². The molecule has 0 amide bonds. The quantitative estimate of drug-likeness (QED) is 0.466. The van der Waals surface area contributed by atoms with E-state index in [1.165, 1.54) is 12.8 Å². The summed E-state index contributed by atoms with van der Waals surface area (Å²) in [6.45, 7) is 7.86. The Morgan fingerprint density at radius 2 is 2.22 bits per heavy atom. The molecule has 0 aromatic heterocycles. The van der Waals surface area contributed by atoms with Crippen LogP contribution in [0.2, 0.25) is 0 Å². The molecule has 0 atom stereocenters. The molecule has 9 heavy (non-hydrogen) atoms. The van der Waals surface area contributed by atoms with Gasteiger partial charge in [0.2, 0.25) is 0 Å². The molecule has 0 aromatic carbocycles. The first-order valence-electron chi connectivity index (χ1n) is 3.23. The highest BCUT2D eigenvalue weighted by Gasteiger charge is 1.78. The molecule has 1 nitrogen and oxygen atoms in total. The van der Waals surface area contributed by atoms with Gasteiger partial charge in [-0.3, -0.25) is 0 Å². The van der Waals surface area contributed by atoms with Gasteiger partial charge >= 0.3 is 0 Å². The van der Waals surface area contributed by atoms with Gasteiger partial charge in [0.15, 0.2) is 0 Å². The van der Waals surface area contributed by atoms with Crippen molar-refractivity contribution in [1.29, 1.82) is 0 Å². The lowest BCUT2D eigenvalue weighted by Gasteiger charge is -1.96. The summed E-state index contributed by atoms with van der Waals surface area (Å²) in [7, 11) is 0. The van der Waals surface area contributed by atoms with Crippen LogP contribution in [0.4, 0.5) is 0 Å². The van der Waals surface area contributed by atoms with Crippen LogP contribution in [0.25, 0.3) is 0 Å². The third-order valence-corrected chi connectivity index (χ3v) is 0.996. The molecule has 0 rings (SSSR count). The number of hydrogen-bond acceptors (Lipinski definition) is 1. The molecule has 0 aliphatic carbocycles. The molecule has 2 heteroatoms. The molecule has 0 saturated heterocycles. The molecule has 0 radical (unpaired) electrons. The van der Waals surface area contributed by atoms with Crippen molar-refractivity contribution in [1.82, 2.24) is 5.32 Å². The summed E-state index contributed by atoms with van der Waals surface area (Å²) in [5.41, 5.74) is 0. The highest BCUT2D eigenvalue weighted by atomic mass is 35.5. The number of nitrogens with one attached hydrogen (secondary N) is 1. The SMILES string of the molecule is C=CCNCCCC.Cl. The Kier molecular flexibility index (Phi) is 14.2. The topological polar surface area (TPSA) is 12.0 Å². The molecule has 0 aromatic rings. The van der Waals surface area contributed by atoms with Gasteiger partial charge in [-0.2, -0.15) is 0 Å². The summed E-state index contributed by atoms with van der Waals surface area (Å²) in [4.78, 5) is 0. The fraction of sp³-hybridized carbons (Fsp3) is 0.714. The van der Waals surface area contributed by atoms with Gasteiger partial charge in [-0.1, -0.05) is 19.4 Å². The van der Waals surface area contributed by atoms with E-state index in [0.717, 1.165) is 13.1 Å². The van der Waals surface area contributed by atoms with Crippen LogP contribution in [0.15, 0.2) is 12.7 Å². The van der Waals surface area contributed by atoms with Crippen LogP contribution in [0, 0.1) is 0 Å². The number of hydrogen-bond donors (Lipinski definition) is 1. The highest BCUT2D eigenvalue weighted by molar-refractivity contribution is 5.85. The molecule has 56 valence electrons. The highest BCUT2D eigenvalue weighted by Crippen LogP contribution is 1.80. The van der Waals surface area contributed by atoms with E-state index in [1.807, 2.05) is 6.08 Å². The average Bonchev–Trinajstić information content (AvgIpc) is 1.81. The van der Waals surface area contributed by atoms with Crippen molar-refractivity contribution in [2.75, 3.05) is 13.1 Å². The van der Waals surface area contributed by atoms with Crippen molar-refractivity contribution >= 4 is 12.4 Å². The fourth-order valence-corrected chi connectivity index (χ4v) is 0.506. The lowest BCUT2D eigenvalue weighted by Crippen LogP contribution is -2.14. The molecule has 0 fully saturated rings. The lowest BCUT2D eigenvalue weighted by molar-refractivity contribution is 0.682. The van der Waals surface area contributed by atoms with Crippen molar-refractivity contribution in [2.24, 2.45) is 0 Å². The first kappa shape index (κ1) is 11.7. The molecule has 0 saturated carbocycles. The van der Waals surface area contributed by atoms with Crippen molar-refractivity contribution in [2.45, 2.75) is 19.8 Å². The Bertz CT molecular complexity index is 54.9. The van der Waals surface area contributed by atoms with Crippen LogP contribution in [-0.2, 0) is 0 Å². The number of unbranched alkanes of at least 4 members (excludes halogenated alkanes) is 1. The van der Waals surface area contributed by atoms with Crippen LogP contribution in [0.3, 0.4) is 0 Å². The van der Waals surface area contributed by atoms with Gasteiger partial charge in [-0.05, 0) is 13.0 Å². The Labute approximate surface area is 63.9 Å². The Hall–Kier alpha value is -0.0100. The lowest BCUT2D eigenvalue weighted by atomic mass is 10.3. The summed E-state index contributed by atoms with van der Waals surface area (Å²) in [6, 6.07) is 0. The van der Waals surface area contributed by atoms with Crippen LogP contribution in [0.1, 0.15) is 19.8 Å². The van der Waals surface area contributed by atoms with Crippen LogP contribution in [-0.4, -0.2) is 13.1 Å². The maximum Gasteiger partial charge on any atom is 0.0132 e. The maximum atomic E-state index is 3.60. The second-order valence-corrected chi connectivity index (χ2v) is 1.85. The van der Waals surface area contributed by atoms with E-state index in [0.29, 0.717) is 0 Å². The second kappa shape index (κ2) is 10.9. The normalized spacial score (nSPS) is 8.11. The summed E-state index contributed by atoms with van der Waals surface area (Å²) in [5.74, 6) is 0. The minimum absolute atomic E-state index is 0. The van der Waals surface area contributed by atoms with Crippen molar-refractivity contribution in [3.05, 3.63) is 12.7 Å². The van der Waals surface area contributed by atoms with Gasteiger partial charge in [0.25, 0.3) is 0 Å². The molecule has 0 heterocycles. The fourth-order valence-electron chi connectivity index (χ4n) is 0.506. The van der Waals surface area contributed by atoms with Gasteiger partial charge in [0.1, 0.15) is 0 Å². The Morgan fingerprint density at radius 3 is 2.67 bits per heavy atom. The van der Waals surface area contributed by atoms with Gasteiger partial charge in [-0.25, -0.2) is 0 Å². The summed E-state index contributed by atoms with van der Waals surface area (Å²) in [5, 5.41) is 3.22. The number of rotatable bonds is 5. The summed E-state index contributed by atoms with van der Waals surface area (Å²) in [6.07, 6.45) is 4.42. The number of halogens is 1. The standard InChI is InChI=1S/C7H15N.ClH/c1-3-5-7-8-6-4-2;/h4,8H,2-3,5-7H2,1H3;1H. The largest absolute Gasteiger partial charge is 0.313 e. The third-order valence-electron chi connectivity index (χ3n) is 0.996. The first-order chi connectivity index (χ1) is 3.91. The predicted molar refractivity (Wildman–Crippen MR) is 45.2 cm³/mol. The molecule has 1 N–H and O–H groups in total.